The lowest BCUT2D eigenvalue weighted by molar-refractivity contribution is -0.363. The van der Waals surface area contributed by atoms with E-state index >= 15 is 0 Å². The van der Waals surface area contributed by atoms with Gasteiger partial charge in [0.1, 0.15) is 11.0 Å². The second kappa shape index (κ2) is 6.78. The van der Waals surface area contributed by atoms with Crippen molar-refractivity contribution in [2.45, 2.75) is 23.0 Å². The molecule has 1 aliphatic carbocycles. The van der Waals surface area contributed by atoms with Gasteiger partial charge in [0, 0.05) is 18.2 Å². The predicted molar refractivity (Wildman–Crippen MR) is 103 cm³/mol. The van der Waals surface area contributed by atoms with E-state index in [-0.39, 0.29) is 0 Å². The minimum Gasteiger partial charge on any atom is -0.397 e. The summed E-state index contributed by atoms with van der Waals surface area (Å²) in [6.07, 6.45) is 6.03. The Morgan fingerprint density at radius 3 is 2.92 bits per heavy atom. The van der Waals surface area contributed by atoms with Crippen molar-refractivity contribution in [1.29, 1.82) is 0 Å². The number of rotatable bonds is 6. The summed E-state index contributed by atoms with van der Waals surface area (Å²) in [5.41, 5.74) is 16.1. The van der Waals surface area contributed by atoms with E-state index in [1.807, 2.05) is 6.20 Å². The lowest BCUT2D eigenvalue weighted by Crippen LogP contribution is -2.11. The van der Waals surface area contributed by atoms with E-state index in [1.54, 1.807) is 36.4 Å². The first-order valence-electron chi connectivity index (χ1n) is 8.15. The SMILES string of the molecule is COCCSc1sc2nc(-c3cnc(N)[nH+]c3)cc(C3CC3)c2c1N. The van der Waals surface area contributed by atoms with Crippen LogP contribution in [-0.4, -0.2) is 29.4 Å². The van der Waals surface area contributed by atoms with Crippen LogP contribution < -0.4 is 16.5 Å². The molecule has 0 saturated heterocycles. The number of H-pyrrole nitrogens is 1. The van der Waals surface area contributed by atoms with Gasteiger partial charge in [-0.3, -0.25) is 5.73 Å². The number of hydrogen-bond acceptors (Lipinski definition) is 7. The number of pyridine rings is 1. The van der Waals surface area contributed by atoms with Crippen LogP contribution >= 0.6 is 23.1 Å². The summed E-state index contributed by atoms with van der Waals surface area (Å²) in [5.74, 6) is 1.86. The van der Waals surface area contributed by atoms with Crippen LogP contribution in [0.15, 0.2) is 22.7 Å². The molecule has 1 saturated carbocycles. The van der Waals surface area contributed by atoms with Crippen molar-refractivity contribution in [1.82, 2.24) is 9.97 Å². The van der Waals surface area contributed by atoms with Gasteiger partial charge in [-0.25, -0.2) is 9.97 Å². The Morgan fingerprint density at radius 1 is 1.40 bits per heavy atom. The maximum Gasteiger partial charge on any atom is 0.386 e. The minimum atomic E-state index is 0.393. The summed E-state index contributed by atoms with van der Waals surface area (Å²) >= 11 is 3.40. The van der Waals surface area contributed by atoms with E-state index in [1.165, 1.54) is 18.4 Å². The van der Waals surface area contributed by atoms with Crippen molar-refractivity contribution < 1.29 is 9.72 Å². The molecule has 3 heterocycles. The van der Waals surface area contributed by atoms with Gasteiger partial charge < -0.3 is 10.5 Å². The Balaban J connectivity index is 1.80. The van der Waals surface area contributed by atoms with Gasteiger partial charge in [-0.15, -0.1) is 23.1 Å². The number of thioether (sulfide) groups is 1. The molecule has 25 heavy (non-hydrogen) atoms. The molecule has 1 fully saturated rings. The summed E-state index contributed by atoms with van der Waals surface area (Å²) < 4.78 is 6.27. The van der Waals surface area contributed by atoms with Crippen LogP contribution in [0.1, 0.15) is 24.3 Å². The van der Waals surface area contributed by atoms with Crippen molar-refractivity contribution in [3.63, 3.8) is 0 Å². The monoisotopic (exact) mass is 374 g/mol. The molecule has 0 spiro atoms. The standard InChI is InChI=1S/C17H19N5OS2/c1-23-4-5-24-16-14(18)13-11(9-2-3-9)6-12(22-15(13)25-16)10-7-20-17(19)21-8-10/h6-9H,2-5,18H2,1H3,(H2,19,20,21)/p+1. The predicted octanol–water partition coefficient (Wildman–Crippen LogP) is 2.95. The first-order chi connectivity index (χ1) is 12.2. The highest BCUT2D eigenvalue weighted by Crippen LogP contribution is 2.49. The third kappa shape index (κ3) is 3.29. The number of nitrogens with zero attached hydrogens (tertiary/aromatic N) is 2. The van der Waals surface area contributed by atoms with E-state index in [2.05, 4.69) is 16.0 Å². The smallest absolute Gasteiger partial charge is 0.386 e. The third-order valence-electron chi connectivity index (χ3n) is 4.25. The van der Waals surface area contributed by atoms with Crippen LogP contribution in [0, 0.1) is 0 Å². The molecular formula is C17H20N5OS2+. The van der Waals surface area contributed by atoms with E-state index in [0.29, 0.717) is 18.5 Å². The normalized spacial score (nSPS) is 14.3. The number of anilines is 2. The fourth-order valence-corrected chi connectivity index (χ4v) is 5.10. The molecule has 0 amide bonds. The summed E-state index contributed by atoms with van der Waals surface area (Å²) in [4.78, 5) is 12.9. The quantitative estimate of drug-likeness (QED) is 0.508. The van der Waals surface area contributed by atoms with Crippen LogP contribution in [0.5, 0.6) is 0 Å². The molecule has 0 aliphatic heterocycles. The maximum absolute atomic E-state index is 6.47. The molecule has 6 nitrogen and oxygen atoms in total. The zero-order valence-corrected chi connectivity index (χ0v) is 15.5. The van der Waals surface area contributed by atoms with E-state index < -0.39 is 0 Å². The lowest BCUT2D eigenvalue weighted by atomic mass is 10.0. The molecule has 130 valence electrons. The fraction of sp³-hybridized carbons (Fsp3) is 0.353. The van der Waals surface area contributed by atoms with E-state index in [4.69, 9.17) is 21.2 Å². The van der Waals surface area contributed by atoms with Crippen molar-refractivity contribution in [3.05, 3.63) is 24.0 Å². The Morgan fingerprint density at radius 2 is 2.24 bits per heavy atom. The molecule has 0 unspecified atom stereocenters. The highest BCUT2D eigenvalue weighted by molar-refractivity contribution is 8.01. The molecule has 1 aliphatic rings. The summed E-state index contributed by atoms with van der Waals surface area (Å²) in [7, 11) is 1.71. The number of fused-ring (bicyclic) bond motifs is 1. The number of methoxy groups -OCH3 is 1. The largest absolute Gasteiger partial charge is 0.397 e. The number of thiophene rings is 1. The van der Waals surface area contributed by atoms with Gasteiger partial charge in [-0.1, -0.05) is 4.98 Å². The number of aromatic amines is 1. The van der Waals surface area contributed by atoms with Gasteiger partial charge in [0.2, 0.25) is 0 Å². The molecule has 0 aromatic carbocycles. The van der Waals surface area contributed by atoms with Gasteiger partial charge in [0.05, 0.1) is 34.0 Å². The zero-order valence-electron chi connectivity index (χ0n) is 13.9. The Bertz CT molecular complexity index is 906. The number of aromatic nitrogens is 3. The summed E-state index contributed by atoms with van der Waals surface area (Å²) in [5, 5.41) is 1.13. The number of nitrogen functional groups attached to an aromatic ring is 2. The van der Waals surface area contributed by atoms with Crippen LogP contribution in [0.3, 0.4) is 0 Å². The van der Waals surface area contributed by atoms with Gasteiger partial charge in [-0.2, -0.15) is 0 Å². The van der Waals surface area contributed by atoms with Gasteiger partial charge >= 0.3 is 5.95 Å². The van der Waals surface area contributed by atoms with Crippen molar-refractivity contribution in [3.8, 4) is 11.3 Å². The Hall–Kier alpha value is -1.90. The van der Waals surface area contributed by atoms with Crippen molar-refractivity contribution >= 4 is 45.0 Å². The topological polar surface area (TPSA) is 101 Å². The fourth-order valence-electron chi connectivity index (χ4n) is 2.82. The second-order valence-electron chi connectivity index (χ2n) is 6.08. The molecular weight excluding hydrogens is 354 g/mol. The van der Waals surface area contributed by atoms with Crippen molar-refractivity contribution in [2.24, 2.45) is 0 Å². The molecule has 0 radical (unpaired) electrons. The Kier molecular flexibility index (Phi) is 4.49. The van der Waals surface area contributed by atoms with E-state index in [9.17, 15) is 0 Å². The molecule has 3 aromatic heterocycles. The molecule has 0 bridgehead atoms. The highest BCUT2D eigenvalue weighted by Gasteiger charge is 2.29. The lowest BCUT2D eigenvalue weighted by Gasteiger charge is -2.06. The maximum atomic E-state index is 6.47. The number of hydrogen-bond donors (Lipinski definition) is 2. The molecule has 0 atom stereocenters. The van der Waals surface area contributed by atoms with Gasteiger partial charge in [0.25, 0.3) is 0 Å². The van der Waals surface area contributed by atoms with E-state index in [0.717, 1.165) is 37.1 Å². The molecule has 3 aromatic rings. The minimum absolute atomic E-state index is 0.393. The van der Waals surface area contributed by atoms with Crippen LogP contribution in [0.2, 0.25) is 0 Å². The summed E-state index contributed by atoms with van der Waals surface area (Å²) in [6, 6.07) is 2.16. The molecule has 5 N–H and O–H groups in total. The first-order valence-corrected chi connectivity index (χ1v) is 9.95. The number of ether oxygens (including phenoxy) is 1. The van der Waals surface area contributed by atoms with Gasteiger partial charge in [0.15, 0.2) is 0 Å². The number of nitrogens with one attached hydrogen (secondary N) is 1. The first kappa shape index (κ1) is 16.6. The molecule has 8 heteroatoms. The number of nitrogens with two attached hydrogens (primary N) is 2. The van der Waals surface area contributed by atoms with Crippen molar-refractivity contribution in [2.75, 3.05) is 30.9 Å². The zero-order chi connectivity index (χ0) is 17.4. The van der Waals surface area contributed by atoms with Crippen LogP contribution in [0.25, 0.3) is 21.5 Å². The highest BCUT2D eigenvalue weighted by atomic mass is 32.2. The van der Waals surface area contributed by atoms with Crippen LogP contribution in [-0.2, 0) is 4.74 Å². The Labute approximate surface area is 154 Å². The average molecular weight is 375 g/mol. The average Bonchev–Trinajstić information content (AvgIpc) is 3.41. The summed E-state index contributed by atoms with van der Waals surface area (Å²) in [6.45, 7) is 0.708. The van der Waals surface area contributed by atoms with Crippen LogP contribution in [0.4, 0.5) is 11.6 Å². The third-order valence-corrected chi connectivity index (χ3v) is 6.60. The van der Waals surface area contributed by atoms with Gasteiger partial charge in [-0.05, 0) is 30.4 Å². The molecule has 4 rings (SSSR count). The second-order valence-corrected chi connectivity index (χ2v) is 8.45.